The molecule has 7 heteroatoms. The van der Waals surface area contributed by atoms with E-state index < -0.39 is 0 Å². The summed E-state index contributed by atoms with van der Waals surface area (Å²) < 4.78 is 7.43. The minimum Gasteiger partial charge on any atom is -0.379 e. The van der Waals surface area contributed by atoms with Gasteiger partial charge in [-0.05, 0) is 27.4 Å². The highest BCUT2D eigenvalue weighted by atomic mass is 32.1. The Labute approximate surface area is 144 Å². The van der Waals surface area contributed by atoms with E-state index in [4.69, 9.17) is 4.74 Å². The van der Waals surface area contributed by atoms with Gasteiger partial charge >= 0.3 is 0 Å². The van der Waals surface area contributed by atoms with E-state index >= 15 is 0 Å². The molecular weight excluding hydrogens is 322 g/mol. The van der Waals surface area contributed by atoms with Crippen LogP contribution in [0.15, 0.2) is 47.8 Å². The smallest absolute Gasteiger partial charge is 0.174 e. The van der Waals surface area contributed by atoms with Gasteiger partial charge in [-0.1, -0.05) is 36.4 Å². The molecule has 1 fully saturated rings. The molecule has 1 aliphatic heterocycles. The molecule has 24 heavy (non-hydrogen) atoms. The molecule has 2 aromatic heterocycles. The summed E-state index contributed by atoms with van der Waals surface area (Å²) in [5, 5.41) is 14.7. The first-order chi connectivity index (χ1) is 11.9. The fraction of sp³-hybridized carbons (Fsp3) is 0.353. The SMILES string of the molecule is c1ccc(Cn2nnnc2C(c2cccs2)N2CCOCC2)cc1. The van der Waals surface area contributed by atoms with Crippen LogP contribution in [0.1, 0.15) is 22.3 Å². The number of hydrogen-bond donors (Lipinski definition) is 0. The molecule has 0 spiro atoms. The van der Waals surface area contributed by atoms with Gasteiger partial charge in [-0.3, -0.25) is 4.90 Å². The molecule has 0 saturated carbocycles. The van der Waals surface area contributed by atoms with E-state index in [1.54, 1.807) is 11.3 Å². The zero-order valence-electron chi connectivity index (χ0n) is 13.3. The van der Waals surface area contributed by atoms with Crippen molar-refractivity contribution in [2.75, 3.05) is 26.3 Å². The minimum atomic E-state index is 0.0765. The molecule has 3 heterocycles. The van der Waals surface area contributed by atoms with Gasteiger partial charge in [0.2, 0.25) is 0 Å². The third kappa shape index (κ3) is 3.24. The largest absolute Gasteiger partial charge is 0.379 e. The molecule has 4 rings (SSSR count). The second kappa shape index (κ2) is 7.21. The van der Waals surface area contributed by atoms with E-state index in [0.717, 1.165) is 32.1 Å². The Kier molecular flexibility index (Phi) is 4.64. The molecule has 1 aliphatic rings. The lowest BCUT2D eigenvalue weighted by Crippen LogP contribution is -2.40. The van der Waals surface area contributed by atoms with Crippen molar-refractivity contribution < 1.29 is 4.74 Å². The third-order valence-corrected chi connectivity index (χ3v) is 5.13. The summed E-state index contributed by atoms with van der Waals surface area (Å²) in [5.41, 5.74) is 1.19. The van der Waals surface area contributed by atoms with Crippen LogP contribution in [-0.4, -0.2) is 51.4 Å². The summed E-state index contributed by atoms with van der Waals surface area (Å²) in [6.45, 7) is 3.96. The van der Waals surface area contributed by atoms with Crippen molar-refractivity contribution >= 4 is 11.3 Å². The Morgan fingerprint density at radius 3 is 2.67 bits per heavy atom. The first kappa shape index (κ1) is 15.4. The van der Waals surface area contributed by atoms with Crippen molar-refractivity contribution in [3.8, 4) is 0 Å². The molecule has 1 aromatic carbocycles. The number of morpholine rings is 1. The molecule has 1 unspecified atom stereocenters. The van der Waals surface area contributed by atoms with Crippen LogP contribution in [0.4, 0.5) is 0 Å². The van der Waals surface area contributed by atoms with Crippen LogP contribution in [-0.2, 0) is 11.3 Å². The summed E-state index contributed by atoms with van der Waals surface area (Å²) >= 11 is 1.75. The van der Waals surface area contributed by atoms with Crippen molar-refractivity contribution in [2.45, 2.75) is 12.6 Å². The van der Waals surface area contributed by atoms with E-state index in [-0.39, 0.29) is 6.04 Å². The maximum absolute atomic E-state index is 5.51. The maximum atomic E-state index is 5.51. The Bertz CT molecular complexity index is 752. The number of hydrogen-bond acceptors (Lipinski definition) is 6. The van der Waals surface area contributed by atoms with Crippen LogP contribution in [0.5, 0.6) is 0 Å². The van der Waals surface area contributed by atoms with E-state index in [9.17, 15) is 0 Å². The molecule has 124 valence electrons. The second-order valence-corrected chi connectivity index (χ2v) is 6.73. The molecule has 1 saturated heterocycles. The number of rotatable bonds is 5. The van der Waals surface area contributed by atoms with Crippen LogP contribution in [0, 0.1) is 0 Å². The Morgan fingerprint density at radius 1 is 1.08 bits per heavy atom. The number of ether oxygens (including phenoxy) is 1. The van der Waals surface area contributed by atoms with Crippen molar-refractivity contribution in [1.29, 1.82) is 0 Å². The predicted octanol–water partition coefficient (Wildman–Crippen LogP) is 2.20. The topological polar surface area (TPSA) is 56.1 Å². The van der Waals surface area contributed by atoms with Crippen molar-refractivity contribution in [1.82, 2.24) is 25.1 Å². The molecule has 1 atom stereocenters. The highest BCUT2D eigenvalue weighted by Crippen LogP contribution is 2.31. The summed E-state index contributed by atoms with van der Waals surface area (Å²) in [6.07, 6.45) is 0. The van der Waals surface area contributed by atoms with Crippen molar-refractivity contribution in [3.63, 3.8) is 0 Å². The first-order valence-corrected chi connectivity index (χ1v) is 8.95. The monoisotopic (exact) mass is 341 g/mol. The van der Waals surface area contributed by atoms with Gasteiger partial charge < -0.3 is 4.74 Å². The standard InChI is InChI=1S/C17H19N5OS/c1-2-5-14(6-3-1)13-22-17(18-19-20-22)16(15-7-4-12-24-15)21-8-10-23-11-9-21/h1-7,12,16H,8-11,13H2. The van der Waals surface area contributed by atoms with Gasteiger partial charge in [-0.2, -0.15) is 0 Å². The van der Waals surface area contributed by atoms with Crippen molar-refractivity contribution in [2.24, 2.45) is 0 Å². The summed E-state index contributed by atoms with van der Waals surface area (Å²) in [7, 11) is 0. The number of nitrogens with zero attached hydrogens (tertiary/aromatic N) is 5. The fourth-order valence-corrected chi connectivity index (χ4v) is 3.88. The fourth-order valence-electron chi connectivity index (χ4n) is 3.03. The lowest BCUT2D eigenvalue weighted by Gasteiger charge is -2.33. The molecule has 0 N–H and O–H groups in total. The normalized spacial score (nSPS) is 17.0. The lowest BCUT2D eigenvalue weighted by molar-refractivity contribution is 0.0223. The Balaban J connectivity index is 1.67. The van der Waals surface area contributed by atoms with Crippen molar-refractivity contribution in [3.05, 3.63) is 64.1 Å². The third-order valence-electron chi connectivity index (χ3n) is 4.20. The van der Waals surface area contributed by atoms with Gasteiger partial charge in [0, 0.05) is 18.0 Å². The summed E-state index contributed by atoms with van der Waals surface area (Å²) in [5.74, 6) is 0.892. The number of benzene rings is 1. The van der Waals surface area contributed by atoms with Crippen LogP contribution >= 0.6 is 11.3 Å². The average molecular weight is 341 g/mol. The van der Waals surface area contributed by atoms with Gasteiger partial charge in [0.05, 0.1) is 19.8 Å². The second-order valence-electron chi connectivity index (χ2n) is 5.75. The quantitative estimate of drug-likeness (QED) is 0.712. The van der Waals surface area contributed by atoms with Crippen LogP contribution in [0.3, 0.4) is 0 Å². The number of aromatic nitrogens is 4. The number of thiophene rings is 1. The number of tetrazole rings is 1. The average Bonchev–Trinajstić information content (AvgIpc) is 3.31. The molecular formula is C17H19N5OS. The van der Waals surface area contributed by atoms with Crippen LogP contribution in [0.25, 0.3) is 0 Å². The van der Waals surface area contributed by atoms with E-state index in [1.165, 1.54) is 10.4 Å². The van der Waals surface area contributed by atoms with Crippen LogP contribution in [0.2, 0.25) is 0 Å². The van der Waals surface area contributed by atoms with E-state index in [2.05, 4.69) is 50.1 Å². The van der Waals surface area contributed by atoms with Gasteiger partial charge in [0.1, 0.15) is 6.04 Å². The van der Waals surface area contributed by atoms with Gasteiger partial charge in [0.15, 0.2) is 5.82 Å². The molecule has 3 aromatic rings. The molecule has 0 amide bonds. The highest BCUT2D eigenvalue weighted by Gasteiger charge is 2.29. The van der Waals surface area contributed by atoms with E-state index in [0.29, 0.717) is 6.54 Å². The molecule has 6 nitrogen and oxygen atoms in total. The zero-order valence-corrected chi connectivity index (χ0v) is 14.1. The minimum absolute atomic E-state index is 0.0765. The van der Waals surface area contributed by atoms with Gasteiger partial charge in [-0.15, -0.1) is 16.4 Å². The maximum Gasteiger partial charge on any atom is 0.174 e. The van der Waals surface area contributed by atoms with Gasteiger partial charge in [-0.25, -0.2) is 4.68 Å². The predicted molar refractivity (Wildman–Crippen MR) is 91.9 cm³/mol. The summed E-state index contributed by atoms with van der Waals surface area (Å²) in [4.78, 5) is 3.67. The van der Waals surface area contributed by atoms with Crippen LogP contribution < -0.4 is 0 Å². The lowest BCUT2D eigenvalue weighted by atomic mass is 10.1. The Hall–Kier alpha value is -2.09. The summed E-state index contributed by atoms with van der Waals surface area (Å²) in [6, 6.07) is 14.6. The molecule has 0 bridgehead atoms. The van der Waals surface area contributed by atoms with Gasteiger partial charge in [0.25, 0.3) is 0 Å². The first-order valence-electron chi connectivity index (χ1n) is 8.07. The highest BCUT2D eigenvalue weighted by molar-refractivity contribution is 7.10. The molecule has 0 radical (unpaired) electrons. The zero-order chi connectivity index (χ0) is 16.2. The molecule has 0 aliphatic carbocycles. The van der Waals surface area contributed by atoms with E-state index in [1.807, 2.05) is 22.9 Å². The Morgan fingerprint density at radius 2 is 1.92 bits per heavy atom.